The van der Waals surface area contributed by atoms with E-state index in [4.69, 9.17) is 4.42 Å². The number of carbonyl (C=O) groups is 1. The van der Waals surface area contributed by atoms with Crippen molar-refractivity contribution in [3.05, 3.63) is 71.1 Å². The van der Waals surface area contributed by atoms with Crippen LogP contribution >= 0.6 is 0 Å². The van der Waals surface area contributed by atoms with Gasteiger partial charge in [-0.2, -0.15) is 5.10 Å². The zero-order chi connectivity index (χ0) is 21.1. The van der Waals surface area contributed by atoms with Crippen LogP contribution in [0.5, 0.6) is 0 Å². The average Bonchev–Trinajstić information content (AvgIpc) is 3.35. The van der Waals surface area contributed by atoms with Gasteiger partial charge in [-0.15, -0.1) is 10.2 Å². The lowest BCUT2D eigenvalue weighted by molar-refractivity contribution is 0.0988. The van der Waals surface area contributed by atoms with Crippen LogP contribution in [0.25, 0.3) is 23.1 Å². The first kappa shape index (κ1) is 19.4. The molecule has 0 bridgehead atoms. The van der Waals surface area contributed by atoms with Crippen LogP contribution in [0.3, 0.4) is 0 Å². The van der Waals surface area contributed by atoms with Crippen molar-refractivity contribution in [2.24, 2.45) is 0 Å². The molecule has 152 valence electrons. The van der Waals surface area contributed by atoms with E-state index in [0.29, 0.717) is 17.6 Å². The van der Waals surface area contributed by atoms with Gasteiger partial charge in [0, 0.05) is 11.1 Å². The number of benzene rings is 2. The van der Waals surface area contributed by atoms with Crippen LogP contribution in [0.15, 0.2) is 40.8 Å². The highest BCUT2D eigenvalue weighted by atomic mass is 19.1. The van der Waals surface area contributed by atoms with Crippen molar-refractivity contribution in [2.75, 3.05) is 12.4 Å². The molecular formula is C20H16F2N6O2. The SMILES string of the molecule is CNCc1nnc(C(=O)Nc2cc(F)c3n[nH]c(/C=C/c4ccc(F)cc4)c3c2)o1. The Morgan fingerprint density at radius 3 is 2.73 bits per heavy atom. The monoisotopic (exact) mass is 410 g/mol. The molecule has 0 unspecified atom stereocenters. The standard InChI is InChI=1S/C20H16F2N6O2/c1-23-10-17-26-28-20(30-17)19(29)24-13-8-14-16(25-27-18(14)15(22)9-13)7-4-11-2-5-12(21)6-3-11/h2-9,23H,10H2,1H3,(H,24,29)(H,25,27)/b7-4+. The molecule has 0 saturated carbocycles. The summed E-state index contributed by atoms with van der Waals surface area (Å²) in [6.45, 7) is 0.319. The van der Waals surface area contributed by atoms with Crippen LogP contribution in [0.2, 0.25) is 0 Å². The number of nitrogens with one attached hydrogen (secondary N) is 3. The molecule has 0 spiro atoms. The molecule has 30 heavy (non-hydrogen) atoms. The summed E-state index contributed by atoms with van der Waals surface area (Å²) in [7, 11) is 1.70. The third kappa shape index (κ3) is 4.08. The summed E-state index contributed by atoms with van der Waals surface area (Å²) < 4.78 is 32.7. The third-order valence-electron chi connectivity index (χ3n) is 4.20. The van der Waals surface area contributed by atoms with E-state index in [1.807, 2.05) is 0 Å². The molecule has 0 aliphatic carbocycles. The molecule has 0 fully saturated rings. The van der Waals surface area contributed by atoms with Crippen molar-refractivity contribution in [3.8, 4) is 0 Å². The maximum absolute atomic E-state index is 14.5. The number of halogens is 2. The van der Waals surface area contributed by atoms with Crippen LogP contribution in [-0.2, 0) is 6.54 Å². The molecule has 0 saturated heterocycles. The predicted octanol–water partition coefficient (Wildman–Crippen LogP) is 3.37. The minimum atomic E-state index is -0.657. The van der Waals surface area contributed by atoms with Gasteiger partial charge in [-0.25, -0.2) is 8.78 Å². The number of H-pyrrole nitrogens is 1. The Bertz CT molecular complexity index is 1230. The fourth-order valence-corrected chi connectivity index (χ4v) is 2.80. The number of rotatable bonds is 6. The van der Waals surface area contributed by atoms with E-state index >= 15 is 0 Å². The zero-order valence-corrected chi connectivity index (χ0v) is 15.7. The van der Waals surface area contributed by atoms with E-state index in [2.05, 4.69) is 31.0 Å². The summed E-state index contributed by atoms with van der Waals surface area (Å²) in [6.07, 6.45) is 3.42. The highest BCUT2D eigenvalue weighted by Gasteiger charge is 2.17. The van der Waals surface area contributed by atoms with E-state index < -0.39 is 11.7 Å². The number of nitrogens with zero attached hydrogens (tertiary/aromatic N) is 3. The molecule has 10 heteroatoms. The van der Waals surface area contributed by atoms with Gasteiger partial charge in [-0.1, -0.05) is 18.2 Å². The summed E-state index contributed by atoms with van der Waals surface area (Å²) in [5.41, 5.74) is 1.62. The normalized spacial score (nSPS) is 11.4. The fourth-order valence-electron chi connectivity index (χ4n) is 2.80. The molecular weight excluding hydrogens is 394 g/mol. The van der Waals surface area contributed by atoms with Gasteiger partial charge in [0.05, 0.1) is 12.2 Å². The lowest BCUT2D eigenvalue weighted by Gasteiger charge is -2.03. The average molecular weight is 410 g/mol. The second-order valence-electron chi connectivity index (χ2n) is 6.36. The predicted molar refractivity (Wildman–Crippen MR) is 106 cm³/mol. The van der Waals surface area contributed by atoms with Crippen LogP contribution in [0.4, 0.5) is 14.5 Å². The Balaban J connectivity index is 1.59. The van der Waals surface area contributed by atoms with E-state index in [1.165, 1.54) is 12.1 Å². The number of carbonyl (C=O) groups excluding carboxylic acids is 1. The number of amides is 1. The van der Waals surface area contributed by atoms with E-state index in [1.54, 1.807) is 37.4 Å². The number of fused-ring (bicyclic) bond motifs is 1. The number of aromatic nitrogens is 4. The van der Waals surface area contributed by atoms with Gasteiger partial charge in [0.25, 0.3) is 0 Å². The van der Waals surface area contributed by atoms with Crippen LogP contribution < -0.4 is 10.6 Å². The Morgan fingerprint density at radius 2 is 1.97 bits per heavy atom. The maximum Gasteiger partial charge on any atom is 0.313 e. The van der Waals surface area contributed by atoms with Gasteiger partial charge in [0.15, 0.2) is 5.82 Å². The quantitative estimate of drug-likeness (QED) is 0.450. The molecule has 0 aliphatic heterocycles. The highest BCUT2D eigenvalue weighted by molar-refractivity contribution is 6.02. The van der Waals surface area contributed by atoms with Crippen LogP contribution in [0.1, 0.15) is 27.8 Å². The first-order valence-electron chi connectivity index (χ1n) is 8.93. The van der Waals surface area contributed by atoms with Gasteiger partial charge in [0.2, 0.25) is 5.89 Å². The number of aromatic amines is 1. The second kappa shape index (κ2) is 8.21. The Morgan fingerprint density at radius 1 is 1.17 bits per heavy atom. The molecule has 1 amide bonds. The third-order valence-corrected chi connectivity index (χ3v) is 4.20. The lowest BCUT2D eigenvalue weighted by Crippen LogP contribution is -2.12. The van der Waals surface area contributed by atoms with Gasteiger partial charge in [-0.3, -0.25) is 9.89 Å². The highest BCUT2D eigenvalue weighted by Crippen LogP contribution is 2.25. The molecule has 8 nitrogen and oxygen atoms in total. The van der Waals surface area contributed by atoms with Crippen molar-refractivity contribution >= 4 is 34.6 Å². The molecule has 0 aliphatic rings. The van der Waals surface area contributed by atoms with E-state index in [-0.39, 0.29) is 28.8 Å². The van der Waals surface area contributed by atoms with Crippen molar-refractivity contribution < 1.29 is 18.0 Å². The van der Waals surface area contributed by atoms with Crippen LogP contribution in [-0.4, -0.2) is 33.3 Å². The first-order valence-corrected chi connectivity index (χ1v) is 8.93. The van der Waals surface area contributed by atoms with Gasteiger partial charge in [-0.05, 0) is 43.0 Å². The topological polar surface area (TPSA) is 109 Å². The molecule has 0 radical (unpaired) electrons. The summed E-state index contributed by atoms with van der Waals surface area (Å²) in [5, 5.41) is 20.0. The minimum Gasteiger partial charge on any atom is -0.415 e. The van der Waals surface area contributed by atoms with Crippen molar-refractivity contribution in [1.82, 2.24) is 25.7 Å². The molecule has 0 atom stereocenters. The zero-order valence-electron chi connectivity index (χ0n) is 15.7. The minimum absolute atomic E-state index is 0.126. The number of anilines is 1. The van der Waals surface area contributed by atoms with Gasteiger partial charge < -0.3 is 15.1 Å². The van der Waals surface area contributed by atoms with E-state index in [0.717, 1.165) is 11.6 Å². The molecule has 3 N–H and O–H groups in total. The summed E-state index contributed by atoms with van der Waals surface area (Å²) in [4.78, 5) is 12.3. The first-order chi connectivity index (χ1) is 14.5. The van der Waals surface area contributed by atoms with Gasteiger partial charge >= 0.3 is 11.8 Å². The van der Waals surface area contributed by atoms with Gasteiger partial charge in [0.1, 0.15) is 11.3 Å². The van der Waals surface area contributed by atoms with Crippen molar-refractivity contribution in [2.45, 2.75) is 6.54 Å². The second-order valence-corrected chi connectivity index (χ2v) is 6.36. The fraction of sp³-hybridized carbons (Fsp3) is 0.100. The largest absolute Gasteiger partial charge is 0.415 e. The van der Waals surface area contributed by atoms with Crippen molar-refractivity contribution in [3.63, 3.8) is 0 Å². The Kier molecular flexibility index (Phi) is 5.31. The van der Waals surface area contributed by atoms with Crippen LogP contribution in [0, 0.1) is 11.6 Å². The smallest absolute Gasteiger partial charge is 0.313 e. The summed E-state index contributed by atoms with van der Waals surface area (Å²) in [5.74, 6) is -1.57. The Labute approximate surface area is 169 Å². The molecule has 4 aromatic rings. The number of hydrogen-bond acceptors (Lipinski definition) is 6. The molecule has 2 heterocycles. The molecule has 2 aromatic heterocycles. The molecule has 4 rings (SSSR count). The Hall–Kier alpha value is -3.92. The summed E-state index contributed by atoms with van der Waals surface area (Å²) >= 11 is 0. The maximum atomic E-state index is 14.5. The number of hydrogen-bond donors (Lipinski definition) is 3. The van der Waals surface area contributed by atoms with E-state index in [9.17, 15) is 13.6 Å². The molecule has 2 aromatic carbocycles. The lowest BCUT2D eigenvalue weighted by atomic mass is 10.1. The summed E-state index contributed by atoms with van der Waals surface area (Å²) in [6, 6.07) is 8.65. The van der Waals surface area contributed by atoms with Crippen molar-refractivity contribution in [1.29, 1.82) is 0 Å².